The Morgan fingerprint density at radius 2 is 2.21 bits per heavy atom. The first-order chi connectivity index (χ1) is 9.19. The minimum atomic E-state index is -0.0366. The fourth-order valence-corrected chi connectivity index (χ4v) is 3.31. The SMILES string of the molecule is COCc1cc(C(=O)N2C3CCC2CC(N)C3)no1. The molecule has 2 atom stereocenters. The zero-order valence-corrected chi connectivity index (χ0v) is 11.0. The lowest BCUT2D eigenvalue weighted by atomic mass is 9.98. The molecule has 6 heteroatoms. The third-order valence-corrected chi connectivity index (χ3v) is 4.07. The summed E-state index contributed by atoms with van der Waals surface area (Å²) in [5, 5.41) is 3.85. The predicted octanol–water partition coefficient (Wildman–Crippen LogP) is 0.915. The Kier molecular flexibility index (Phi) is 3.28. The molecule has 0 spiro atoms. The van der Waals surface area contributed by atoms with E-state index in [1.165, 1.54) is 0 Å². The van der Waals surface area contributed by atoms with Crippen LogP contribution in [0.25, 0.3) is 0 Å². The van der Waals surface area contributed by atoms with E-state index in [9.17, 15) is 4.79 Å². The number of aromatic nitrogens is 1. The number of nitrogens with zero attached hydrogens (tertiary/aromatic N) is 2. The molecule has 19 heavy (non-hydrogen) atoms. The Bertz CT molecular complexity index is 459. The number of piperidine rings is 1. The van der Waals surface area contributed by atoms with Crippen LogP contribution >= 0.6 is 0 Å². The van der Waals surface area contributed by atoms with E-state index in [1.807, 2.05) is 4.90 Å². The predicted molar refractivity (Wildman–Crippen MR) is 67.4 cm³/mol. The highest BCUT2D eigenvalue weighted by Gasteiger charge is 2.43. The van der Waals surface area contributed by atoms with Gasteiger partial charge in [0.05, 0.1) is 0 Å². The molecule has 1 aromatic rings. The number of amides is 1. The molecule has 2 bridgehead atoms. The second kappa shape index (κ2) is 4.94. The lowest BCUT2D eigenvalue weighted by Crippen LogP contribution is -2.50. The number of rotatable bonds is 3. The van der Waals surface area contributed by atoms with Crippen molar-refractivity contribution >= 4 is 5.91 Å². The normalized spacial score (nSPS) is 29.8. The Morgan fingerprint density at radius 1 is 1.53 bits per heavy atom. The number of methoxy groups -OCH3 is 1. The molecular weight excluding hydrogens is 246 g/mol. The second-order valence-corrected chi connectivity index (χ2v) is 5.44. The van der Waals surface area contributed by atoms with E-state index in [-0.39, 0.29) is 24.0 Å². The molecule has 0 radical (unpaired) electrons. The van der Waals surface area contributed by atoms with Crippen LogP contribution in [-0.2, 0) is 11.3 Å². The van der Waals surface area contributed by atoms with Gasteiger partial charge in [0, 0.05) is 31.3 Å². The molecule has 1 aromatic heterocycles. The fraction of sp³-hybridized carbons (Fsp3) is 0.692. The lowest BCUT2D eigenvalue weighted by Gasteiger charge is -2.37. The zero-order valence-electron chi connectivity index (χ0n) is 11.0. The lowest BCUT2D eigenvalue weighted by molar-refractivity contribution is 0.0564. The van der Waals surface area contributed by atoms with Gasteiger partial charge in [0.1, 0.15) is 6.61 Å². The van der Waals surface area contributed by atoms with Gasteiger partial charge in [-0.3, -0.25) is 4.79 Å². The van der Waals surface area contributed by atoms with Crippen LogP contribution in [0.3, 0.4) is 0 Å². The van der Waals surface area contributed by atoms with Crippen LogP contribution in [-0.4, -0.2) is 41.2 Å². The maximum Gasteiger partial charge on any atom is 0.276 e. The van der Waals surface area contributed by atoms with Gasteiger partial charge in [-0.2, -0.15) is 0 Å². The molecule has 0 aromatic carbocycles. The summed E-state index contributed by atoms with van der Waals surface area (Å²) in [7, 11) is 1.58. The maximum absolute atomic E-state index is 12.5. The molecule has 2 aliphatic rings. The molecule has 2 aliphatic heterocycles. The van der Waals surface area contributed by atoms with Crippen LogP contribution in [0.4, 0.5) is 0 Å². The van der Waals surface area contributed by atoms with Gasteiger partial charge in [-0.1, -0.05) is 5.16 Å². The summed E-state index contributed by atoms with van der Waals surface area (Å²) in [5.41, 5.74) is 6.39. The minimum absolute atomic E-state index is 0.0366. The molecule has 3 heterocycles. The van der Waals surface area contributed by atoms with Gasteiger partial charge < -0.3 is 19.9 Å². The van der Waals surface area contributed by atoms with Crippen LogP contribution in [0.5, 0.6) is 0 Å². The van der Waals surface area contributed by atoms with Gasteiger partial charge in [-0.25, -0.2) is 0 Å². The molecule has 2 unspecified atom stereocenters. The monoisotopic (exact) mass is 265 g/mol. The molecule has 2 N–H and O–H groups in total. The van der Waals surface area contributed by atoms with E-state index < -0.39 is 0 Å². The van der Waals surface area contributed by atoms with Crippen LogP contribution in [0.1, 0.15) is 41.9 Å². The molecule has 104 valence electrons. The second-order valence-electron chi connectivity index (χ2n) is 5.44. The summed E-state index contributed by atoms with van der Waals surface area (Å²) in [4.78, 5) is 14.5. The molecule has 2 saturated heterocycles. The van der Waals surface area contributed by atoms with Crippen molar-refractivity contribution in [3.8, 4) is 0 Å². The number of ether oxygens (including phenoxy) is 1. The molecule has 1 amide bonds. The number of hydrogen-bond acceptors (Lipinski definition) is 5. The molecule has 3 rings (SSSR count). The highest BCUT2D eigenvalue weighted by Crippen LogP contribution is 2.36. The maximum atomic E-state index is 12.5. The van der Waals surface area contributed by atoms with Crippen molar-refractivity contribution in [1.82, 2.24) is 10.1 Å². The van der Waals surface area contributed by atoms with Crippen molar-refractivity contribution in [2.45, 2.75) is 50.4 Å². The summed E-state index contributed by atoms with van der Waals surface area (Å²) in [6.45, 7) is 0.331. The van der Waals surface area contributed by atoms with Crippen LogP contribution in [0.15, 0.2) is 10.6 Å². The number of fused-ring (bicyclic) bond motifs is 2. The topological polar surface area (TPSA) is 81.6 Å². The summed E-state index contributed by atoms with van der Waals surface area (Å²) in [5.74, 6) is 0.539. The largest absolute Gasteiger partial charge is 0.377 e. The Hall–Kier alpha value is -1.40. The Balaban J connectivity index is 1.76. The van der Waals surface area contributed by atoms with E-state index in [4.69, 9.17) is 15.0 Å². The van der Waals surface area contributed by atoms with Crippen LogP contribution < -0.4 is 5.73 Å². The van der Waals surface area contributed by atoms with E-state index in [1.54, 1.807) is 13.2 Å². The standard InChI is InChI=1S/C13H19N3O3/c1-18-7-11-6-12(15-19-11)13(17)16-9-2-3-10(16)5-8(14)4-9/h6,8-10H,2-5,7,14H2,1H3. The highest BCUT2D eigenvalue weighted by molar-refractivity contribution is 5.93. The molecule has 0 aliphatic carbocycles. The van der Waals surface area contributed by atoms with Crippen molar-refractivity contribution in [2.75, 3.05) is 7.11 Å². The fourth-order valence-electron chi connectivity index (χ4n) is 3.31. The number of carbonyl (C=O) groups is 1. The summed E-state index contributed by atoms with van der Waals surface area (Å²) in [6, 6.07) is 2.43. The summed E-state index contributed by atoms with van der Waals surface area (Å²) in [6.07, 6.45) is 3.88. The van der Waals surface area contributed by atoms with Gasteiger partial charge in [-0.05, 0) is 25.7 Å². The highest BCUT2D eigenvalue weighted by atomic mass is 16.5. The van der Waals surface area contributed by atoms with Gasteiger partial charge >= 0.3 is 0 Å². The van der Waals surface area contributed by atoms with E-state index in [0.717, 1.165) is 25.7 Å². The summed E-state index contributed by atoms with van der Waals surface area (Å²) < 4.78 is 10.0. The molecular formula is C13H19N3O3. The van der Waals surface area contributed by atoms with Gasteiger partial charge in [0.2, 0.25) is 0 Å². The van der Waals surface area contributed by atoms with E-state index in [0.29, 0.717) is 18.1 Å². The van der Waals surface area contributed by atoms with Crippen molar-refractivity contribution < 1.29 is 14.1 Å². The zero-order chi connectivity index (χ0) is 13.4. The Labute approximate surface area is 111 Å². The molecule has 2 fully saturated rings. The van der Waals surface area contributed by atoms with Gasteiger partial charge in [0.25, 0.3) is 5.91 Å². The van der Waals surface area contributed by atoms with E-state index >= 15 is 0 Å². The van der Waals surface area contributed by atoms with Gasteiger partial charge in [-0.15, -0.1) is 0 Å². The van der Waals surface area contributed by atoms with Crippen molar-refractivity contribution in [1.29, 1.82) is 0 Å². The van der Waals surface area contributed by atoms with E-state index in [2.05, 4.69) is 5.16 Å². The first-order valence-corrected chi connectivity index (χ1v) is 6.72. The van der Waals surface area contributed by atoms with Crippen molar-refractivity contribution in [2.24, 2.45) is 5.73 Å². The minimum Gasteiger partial charge on any atom is -0.377 e. The average Bonchev–Trinajstić information content (AvgIpc) is 2.93. The number of nitrogens with two attached hydrogens (primary N) is 1. The van der Waals surface area contributed by atoms with Crippen LogP contribution in [0, 0.1) is 0 Å². The number of hydrogen-bond donors (Lipinski definition) is 1. The quantitative estimate of drug-likeness (QED) is 0.878. The third-order valence-electron chi connectivity index (χ3n) is 4.07. The molecule has 6 nitrogen and oxygen atoms in total. The van der Waals surface area contributed by atoms with Crippen molar-refractivity contribution in [3.05, 3.63) is 17.5 Å². The van der Waals surface area contributed by atoms with Gasteiger partial charge in [0.15, 0.2) is 11.5 Å². The van der Waals surface area contributed by atoms with Crippen LogP contribution in [0.2, 0.25) is 0 Å². The Morgan fingerprint density at radius 3 is 2.84 bits per heavy atom. The first-order valence-electron chi connectivity index (χ1n) is 6.72. The number of carbonyl (C=O) groups excluding carboxylic acids is 1. The average molecular weight is 265 g/mol. The first kappa shape index (κ1) is 12.6. The van der Waals surface area contributed by atoms with Crippen molar-refractivity contribution in [3.63, 3.8) is 0 Å². The molecule has 0 saturated carbocycles. The summed E-state index contributed by atoms with van der Waals surface area (Å²) >= 11 is 0. The smallest absolute Gasteiger partial charge is 0.276 e. The third kappa shape index (κ3) is 2.26.